The molecule has 38 heavy (non-hydrogen) atoms. The Balaban J connectivity index is 1.11. The van der Waals surface area contributed by atoms with Crippen LogP contribution >= 0.6 is 11.3 Å². The van der Waals surface area contributed by atoms with Crippen molar-refractivity contribution < 1.29 is 4.79 Å². The minimum atomic E-state index is 0.242. The molecule has 0 amide bonds. The van der Waals surface area contributed by atoms with E-state index in [2.05, 4.69) is 57.2 Å². The Labute approximate surface area is 226 Å². The zero-order chi connectivity index (χ0) is 25.7. The third-order valence-electron chi connectivity index (χ3n) is 6.99. The molecule has 0 unspecified atom stereocenters. The largest absolute Gasteiger partial charge is 0.353 e. The van der Waals surface area contributed by atoms with Crippen LogP contribution in [0.15, 0.2) is 90.7 Å². The Bertz CT molecular complexity index is 1510. The molecule has 1 aliphatic heterocycles. The summed E-state index contributed by atoms with van der Waals surface area (Å²) < 4.78 is 0. The quantitative estimate of drug-likeness (QED) is 0.272. The van der Waals surface area contributed by atoms with Crippen molar-refractivity contribution in [2.24, 2.45) is 0 Å². The van der Waals surface area contributed by atoms with Crippen molar-refractivity contribution in [1.29, 1.82) is 0 Å². The van der Waals surface area contributed by atoms with Crippen LogP contribution in [0.25, 0.3) is 22.2 Å². The van der Waals surface area contributed by atoms with Gasteiger partial charge < -0.3 is 4.90 Å². The van der Waals surface area contributed by atoms with Gasteiger partial charge in [0.25, 0.3) is 0 Å². The number of Topliss-reactive ketones (excluding diaryl/α,β-unsaturated/α-hetero) is 1. The Morgan fingerprint density at radius 2 is 1.66 bits per heavy atom. The third-order valence-corrected chi connectivity index (χ3v) is 7.87. The fourth-order valence-corrected chi connectivity index (χ4v) is 5.66. The number of aromatic nitrogens is 3. The number of hydrogen-bond acceptors (Lipinski definition) is 7. The van der Waals surface area contributed by atoms with Crippen LogP contribution in [0.1, 0.15) is 16.0 Å². The summed E-state index contributed by atoms with van der Waals surface area (Å²) in [5.74, 6) is 1.17. The molecular formula is C31H29N5OS. The predicted molar refractivity (Wildman–Crippen MR) is 153 cm³/mol. The maximum Gasteiger partial charge on any atom is 0.147 e. The van der Waals surface area contributed by atoms with Crippen LogP contribution in [0.3, 0.4) is 0 Å². The molecule has 190 valence electrons. The van der Waals surface area contributed by atoms with E-state index in [1.165, 1.54) is 5.56 Å². The molecule has 0 bridgehead atoms. The van der Waals surface area contributed by atoms with E-state index in [0.717, 1.165) is 71.1 Å². The molecule has 6 rings (SSSR count). The minimum absolute atomic E-state index is 0.242. The molecule has 0 radical (unpaired) electrons. The Morgan fingerprint density at radius 3 is 2.42 bits per heavy atom. The van der Waals surface area contributed by atoms with Crippen LogP contribution in [0, 0.1) is 0 Å². The van der Waals surface area contributed by atoms with Crippen molar-refractivity contribution in [3.05, 3.63) is 107 Å². The van der Waals surface area contributed by atoms with E-state index in [1.807, 2.05) is 48.2 Å². The first-order chi connectivity index (χ1) is 18.7. The monoisotopic (exact) mass is 519 g/mol. The number of thiophene rings is 1. The van der Waals surface area contributed by atoms with E-state index >= 15 is 0 Å². The Kier molecular flexibility index (Phi) is 7.20. The van der Waals surface area contributed by atoms with Gasteiger partial charge >= 0.3 is 0 Å². The molecule has 4 heterocycles. The van der Waals surface area contributed by atoms with Crippen LogP contribution in [0.2, 0.25) is 0 Å². The highest BCUT2D eigenvalue weighted by Crippen LogP contribution is 2.25. The van der Waals surface area contributed by atoms with Gasteiger partial charge in [-0.1, -0.05) is 42.5 Å². The summed E-state index contributed by atoms with van der Waals surface area (Å²) in [5, 5.41) is 2.01. The van der Waals surface area contributed by atoms with Crippen LogP contribution in [0.4, 0.5) is 5.82 Å². The fourth-order valence-electron chi connectivity index (χ4n) is 4.93. The molecule has 7 heteroatoms. The number of ketones is 1. The molecule has 6 nitrogen and oxygen atoms in total. The van der Waals surface area contributed by atoms with Crippen LogP contribution in [0.5, 0.6) is 0 Å². The zero-order valence-electron chi connectivity index (χ0n) is 21.2. The number of fused-ring (bicyclic) bond motifs is 1. The summed E-state index contributed by atoms with van der Waals surface area (Å²) in [4.78, 5) is 32.2. The van der Waals surface area contributed by atoms with Gasteiger partial charge in [-0.15, -0.1) is 11.3 Å². The number of rotatable bonds is 8. The van der Waals surface area contributed by atoms with Gasteiger partial charge in [0, 0.05) is 62.8 Å². The van der Waals surface area contributed by atoms with Gasteiger partial charge in [0.1, 0.15) is 11.6 Å². The SMILES string of the molecule is O=C(Cc1ccc(-c2ccc3ncc(N4CCN(Cc5cccnc5)CC4)nc3c2)cc1)Cc1cccs1. The van der Waals surface area contributed by atoms with Crippen molar-refractivity contribution in [2.75, 3.05) is 31.1 Å². The van der Waals surface area contributed by atoms with Crippen molar-refractivity contribution in [2.45, 2.75) is 19.4 Å². The Morgan fingerprint density at radius 1 is 0.816 bits per heavy atom. The van der Waals surface area contributed by atoms with Crippen molar-refractivity contribution in [3.63, 3.8) is 0 Å². The van der Waals surface area contributed by atoms with Crippen molar-refractivity contribution in [1.82, 2.24) is 19.9 Å². The van der Waals surface area contributed by atoms with Crippen molar-refractivity contribution in [3.8, 4) is 11.1 Å². The standard InChI is InChI=1S/C31H29N5OS/c37-27(19-28-4-2-16-38-28)17-23-5-7-25(8-6-23)26-9-10-29-30(18-26)34-31(21-33-29)36-14-12-35(13-15-36)22-24-3-1-11-32-20-24/h1-11,16,18,20-21H,12-15,17,19,22H2. The van der Waals surface area contributed by atoms with Gasteiger partial charge in [-0.05, 0) is 51.9 Å². The molecule has 0 atom stereocenters. The van der Waals surface area contributed by atoms with E-state index in [-0.39, 0.29) is 5.78 Å². The van der Waals surface area contributed by atoms with Gasteiger partial charge in [-0.25, -0.2) is 4.98 Å². The summed E-state index contributed by atoms with van der Waals surface area (Å²) in [5.41, 5.74) is 6.29. The van der Waals surface area contributed by atoms with Gasteiger partial charge in [0.15, 0.2) is 0 Å². The molecule has 0 saturated carbocycles. The predicted octanol–water partition coefficient (Wildman–Crippen LogP) is 5.43. The number of anilines is 1. The summed E-state index contributed by atoms with van der Waals surface area (Å²) in [7, 11) is 0. The van der Waals surface area contributed by atoms with E-state index in [0.29, 0.717) is 12.8 Å². The van der Waals surface area contributed by atoms with Gasteiger partial charge in [-0.2, -0.15) is 0 Å². The number of benzene rings is 2. The van der Waals surface area contributed by atoms with Gasteiger partial charge in [0.2, 0.25) is 0 Å². The van der Waals surface area contributed by atoms with Gasteiger partial charge in [-0.3, -0.25) is 19.7 Å². The topological polar surface area (TPSA) is 62.2 Å². The highest BCUT2D eigenvalue weighted by atomic mass is 32.1. The Hall–Kier alpha value is -3.94. The molecule has 0 N–H and O–H groups in total. The smallest absolute Gasteiger partial charge is 0.147 e. The summed E-state index contributed by atoms with van der Waals surface area (Å²) in [6.07, 6.45) is 6.61. The maximum absolute atomic E-state index is 12.4. The van der Waals surface area contributed by atoms with E-state index in [9.17, 15) is 4.79 Å². The second-order valence-electron chi connectivity index (χ2n) is 9.72. The summed E-state index contributed by atoms with van der Waals surface area (Å²) >= 11 is 1.63. The lowest BCUT2D eigenvalue weighted by atomic mass is 10.0. The second kappa shape index (κ2) is 11.2. The highest BCUT2D eigenvalue weighted by molar-refractivity contribution is 7.10. The first-order valence-corrected chi connectivity index (χ1v) is 13.8. The lowest BCUT2D eigenvalue weighted by molar-refractivity contribution is -0.117. The first kappa shape index (κ1) is 24.4. The van der Waals surface area contributed by atoms with Crippen LogP contribution < -0.4 is 4.90 Å². The fraction of sp³-hybridized carbons (Fsp3) is 0.226. The summed E-state index contributed by atoms with van der Waals surface area (Å²) in [6.45, 7) is 4.74. The molecule has 0 spiro atoms. The average molecular weight is 520 g/mol. The van der Waals surface area contributed by atoms with Crippen molar-refractivity contribution >= 4 is 34.0 Å². The molecule has 1 saturated heterocycles. The molecule has 0 aliphatic carbocycles. The molecule has 1 aliphatic rings. The number of pyridine rings is 1. The maximum atomic E-state index is 12.4. The van der Waals surface area contributed by atoms with E-state index in [4.69, 9.17) is 9.97 Å². The van der Waals surface area contributed by atoms with Gasteiger partial charge in [0.05, 0.1) is 17.2 Å². The average Bonchev–Trinajstić information content (AvgIpc) is 3.47. The lowest BCUT2D eigenvalue weighted by Gasteiger charge is -2.35. The molecule has 2 aromatic carbocycles. The lowest BCUT2D eigenvalue weighted by Crippen LogP contribution is -2.46. The number of nitrogens with zero attached hydrogens (tertiary/aromatic N) is 5. The summed E-state index contributed by atoms with van der Waals surface area (Å²) in [6, 6.07) is 22.7. The van der Waals surface area contributed by atoms with Crippen LogP contribution in [-0.2, 0) is 24.2 Å². The second-order valence-corrected chi connectivity index (χ2v) is 10.8. The van der Waals surface area contributed by atoms with Crippen LogP contribution in [-0.4, -0.2) is 51.8 Å². The first-order valence-electron chi connectivity index (χ1n) is 13.0. The zero-order valence-corrected chi connectivity index (χ0v) is 22.0. The number of hydrogen-bond donors (Lipinski definition) is 0. The molecule has 5 aromatic rings. The molecule has 3 aromatic heterocycles. The minimum Gasteiger partial charge on any atom is -0.353 e. The molecule has 1 fully saturated rings. The number of piperazine rings is 1. The highest BCUT2D eigenvalue weighted by Gasteiger charge is 2.19. The molecular weight excluding hydrogens is 490 g/mol. The third kappa shape index (κ3) is 5.79. The normalized spacial score (nSPS) is 14.2. The number of carbonyl (C=O) groups is 1. The van der Waals surface area contributed by atoms with E-state index in [1.54, 1.807) is 11.3 Å². The van der Waals surface area contributed by atoms with E-state index < -0.39 is 0 Å². The number of carbonyl (C=O) groups excluding carboxylic acids is 1.